The van der Waals surface area contributed by atoms with Crippen LogP contribution in [0.1, 0.15) is 29.4 Å². The zero-order valence-electron chi connectivity index (χ0n) is 12.2. The van der Waals surface area contributed by atoms with Gasteiger partial charge in [0.1, 0.15) is 0 Å². The second kappa shape index (κ2) is 4.81. The molecule has 1 fully saturated rings. The highest BCUT2D eigenvalue weighted by Gasteiger charge is 2.20. The van der Waals surface area contributed by atoms with Crippen LogP contribution in [0.3, 0.4) is 0 Å². The van der Waals surface area contributed by atoms with Crippen LogP contribution in [0.15, 0.2) is 18.3 Å². The molecule has 0 radical (unpaired) electrons. The van der Waals surface area contributed by atoms with Gasteiger partial charge in [0.15, 0.2) is 5.69 Å². The molecule has 5 heteroatoms. The van der Waals surface area contributed by atoms with E-state index in [4.69, 9.17) is 0 Å². The summed E-state index contributed by atoms with van der Waals surface area (Å²) in [6, 6.07) is 4.02. The molecule has 0 aliphatic carbocycles. The topological polar surface area (TPSA) is 49.6 Å². The van der Waals surface area contributed by atoms with E-state index in [0.29, 0.717) is 5.69 Å². The second-order valence-electron chi connectivity index (χ2n) is 5.66. The number of pyridine rings is 1. The molecule has 20 heavy (non-hydrogen) atoms. The molecule has 1 saturated heterocycles. The first kappa shape index (κ1) is 13.0. The Morgan fingerprint density at radius 3 is 2.90 bits per heavy atom. The van der Waals surface area contributed by atoms with Gasteiger partial charge in [-0.25, -0.2) is 4.52 Å². The van der Waals surface area contributed by atoms with Gasteiger partial charge in [0.2, 0.25) is 0 Å². The minimum absolute atomic E-state index is 0.149. The number of amides is 1. The molecule has 0 aromatic carbocycles. The Morgan fingerprint density at radius 1 is 1.45 bits per heavy atom. The zero-order valence-corrected chi connectivity index (χ0v) is 12.2. The third-order valence-electron chi connectivity index (χ3n) is 4.01. The van der Waals surface area contributed by atoms with Gasteiger partial charge in [-0.3, -0.25) is 4.79 Å². The molecule has 5 nitrogen and oxygen atoms in total. The van der Waals surface area contributed by atoms with E-state index in [1.165, 1.54) is 12.1 Å². The summed E-state index contributed by atoms with van der Waals surface area (Å²) < 4.78 is 1.82. The number of aromatic nitrogens is 2. The molecular formula is C15H20N4O. The summed E-state index contributed by atoms with van der Waals surface area (Å²) in [4.78, 5) is 14.1. The van der Waals surface area contributed by atoms with Crippen LogP contribution in [0.25, 0.3) is 5.52 Å². The summed E-state index contributed by atoms with van der Waals surface area (Å²) >= 11 is 0. The van der Waals surface area contributed by atoms with Gasteiger partial charge in [0.05, 0.1) is 17.4 Å². The number of fused-ring (bicyclic) bond motifs is 1. The highest BCUT2D eigenvalue weighted by molar-refractivity contribution is 5.93. The highest BCUT2D eigenvalue weighted by atomic mass is 16.1. The number of anilines is 1. The lowest BCUT2D eigenvalue weighted by Crippen LogP contribution is -2.20. The maximum atomic E-state index is 11.7. The smallest absolute Gasteiger partial charge is 0.271 e. The van der Waals surface area contributed by atoms with Crippen molar-refractivity contribution < 1.29 is 4.79 Å². The normalized spacial score (nSPS) is 18.8. The summed E-state index contributed by atoms with van der Waals surface area (Å²) in [6.07, 6.45) is 3.26. The fraction of sp³-hybridized carbons (Fsp3) is 0.467. The van der Waals surface area contributed by atoms with Crippen molar-refractivity contribution in [2.75, 3.05) is 25.0 Å². The minimum atomic E-state index is -0.149. The van der Waals surface area contributed by atoms with E-state index in [9.17, 15) is 4.79 Å². The monoisotopic (exact) mass is 272 g/mol. The number of hydrogen-bond donors (Lipinski definition) is 1. The zero-order chi connectivity index (χ0) is 14.3. The van der Waals surface area contributed by atoms with Crippen LogP contribution in [0.5, 0.6) is 0 Å². The number of hydrogen-bond acceptors (Lipinski definition) is 3. The Balaban J connectivity index is 2.02. The first-order valence-corrected chi connectivity index (χ1v) is 7.05. The molecule has 0 bridgehead atoms. The average Bonchev–Trinajstić information content (AvgIpc) is 3.04. The molecule has 3 heterocycles. The van der Waals surface area contributed by atoms with Crippen molar-refractivity contribution in [2.45, 2.75) is 20.3 Å². The molecule has 1 N–H and O–H groups in total. The summed E-state index contributed by atoms with van der Waals surface area (Å²) in [6.45, 7) is 6.53. The summed E-state index contributed by atoms with van der Waals surface area (Å²) in [5.41, 5.74) is 3.78. The van der Waals surface area contributed by atoms with Gasteiger partial charge in [-0.1, -0.05) is 6.92 Å². The largest absolute Gasteiger partial charge is 0.370 e. The van der Waals surface area contributed by atoms with E-state index >= 15 is 0 Å². The molecule has 2 aromatic rings. The van der Waals surface area contributed by atoms with Crippen LogP contribution in [-0.2, 0) is 0 Å². The van der Waals surface area contributed by atoms with Crippen molar-refractivity contribution in [2.24, 2.45) is 5.92 Å². The van der Waals surface area contributed by atoms with Crippen LogP contribution in [-0.4, -0.2) is 35.7 Å². The van der Waals surface area contributed by atoms with Gasteiger partial charge in [-0.2, -0.15) is 5.10 Å². The number of nitrogens with zero attached hydrogens (tertiary/aromatic N) is 3. The predicted molar refractivity (Wildman–Crippen MR) is 79.3 cm³/mol. The lowest BCUT2D eigenvalue weighted by Gasteiger charge is -2.19. The van der Waals surface area contributed by atoms with Gasteiger partial charge in [-0.15, -0.1) is 0 Å². The standard InChI is InChI=1S/C15H20N4O/c1-10-4-5-18(8-10)12-6-11(2)14-7-13(15(20)16-3)17-19(14)9-12/h6-7,9-10H,4-5,8H2,1-3H3,(H,16,20). The van der Waals surface area contributed by atoms with Crippen molar-refractivity contribution in [3.05, 3.63) is 29.6 Å². The predicted octanol–water partition coefficient (Wildman–Crippen LogP) is 1.85. The van der Waals surface area contributed by atoms with Gasteiger partial charge in [0.25, 0.3) is 5.91 Å². The van der Waals surface area contributed by atoms with Gasteiger partial charge in [-0.05, 0) is 37.0 Å². The van der Waals surface area contributed by atoms with E-state index in [0.717, 1.165) is 30.1 Å². The molecular weight excluding hydrogens is 252 g/mol. The maximum absolute atomic E-state index is 11.7. The summed E-state index contributed by atoms with van der Waals surface area (Å²) in [7, 11) is 1.62. The van der Waals surface area contributed by atoms with E-state index in [1.54, 1.807) is 7.05 Å². The molecule has 1 unspecified atom stereocenters. The number of aryl methyl sites for hydroxylation is 1. The third-order valence-corrected chi connectivity index (χ3v) is 4.01. The van der Waals surface area contributed by atoms with Crippen molar-refractivity contribution in [1.29, 1.82) is 0 Å². The number of nitrogens with one attached hydrogen (secondary N) is 1. The van der Waals surface area contributed by atoms with Crippen LogP contribution >= 0.6 is 0 Å². The van der Waals surface area contributed by atoms with Crippen LogP contribution in [0.2, 0.25) is 0 Å². The molecule has 1 aliphatic heterocycles. The highest BCUT2D eigenvalue weighted by Crippen LogP contribution is 2.26. The second-order valence-corrected chi connectivity index (χ2v) is 5.66. The molecule has 1 aliphatic rings. The average molecular weight is 272 g/mol. The Hall–Kier alpha value is -2.04. The SMILES string of the molecule is CNC(=O)c1cc2c(C)cc(N3CCC(C)C3)cn2n1. The number of rotatable bonds is 2. The van der Waals surface area contributed by atoms with E-state index in [1.807, 2.05) is 16.8 Å². The lowest BCUT2D eigenvalue weighted by atomic mass is 10.2. The van der Waals surface area contributed by atoms with Crippen LogP contribution < -0.4 is 10.2 Å². The van der Waals surface area contributed by atoms with E-state index in [-0.39, 0.29) is 5.91 Å². The van der Waals surface area contributed by atoms with Crippen LogP contribution in [0.4, 0.5) is 5.69 Å². The van der Waals surface area contributed by atoms with Gasteiger partial charge in [0, 0.05) is 20.1 Å². The van der Waals surface area contributed by atoms with Crippen LogP contribution in [0, 0.1) is 12.8 Å². The van der Waals surface area contributed by atoms with Crippen molar-refractivity contribution >= 4 is 17.1 Å². The first-order valence-electron chi connectivity index (χ1n) is 7.05. The Labute approximate surface area is 118 Å². The quantitative estimate of drug-likeness (QED) is 0.907. The summed E-state index contributed by atoms with van der Waals surface area (Å²) in [5, 5.41) is 6.99. The van der Waals surface area contributed by atoms with Crippen molar-refractivity contribution in [3.8, 4) is 0 Å². The molecule has 0 saturated carbocycles. The van der Waals surface area contributed by atoms with E-state index < -0.39 is 0 Å². The Morgan fingerprint density at radius 2 is 2.25 bits per heavy atom. The Bertz CT molecular complexity index is 661. The molecule has 106 valence electrons. The lowest BCUT2D eigenvalue weighted by molar-refractivity contribution is 0.0958. The fourth-order valence-electron chi connectivity index (χ4n) is 2.83. The summed E-state index contributed by atoms with van der Waals surface area (Å²) in [5.74, 6) is 0.592. The van der Waals surface area contributed by atoms with Gasteiger partial charge < -0.3 is 10.2 Å². The molecule has 3 rings (SSSR count). The Kier molecular flexibility index (Phi) is 3.12. The molecule has 1 atom stereocenters. The number of carbonyl (C=O) groups excluding carboxylic acids is 1. The van der Waals surface area contributed by atoms with Gasteiger partial charge >= 0.3 is 0 Å². The minimum Gasteiger partial charge on any atom is -0.370 e. The fourth-order valence-corrected chi connectivity index (χ4v) is 2.83. The van der Waals surface area contributed by atoms with Crippen molar-refractivity contribution in [1.82, 2.24) is 14.9 Å². The number of carbonyl (C=O) groups is 1. The maximum Gasteiger partial charge on any atom is 0.271 e. The molecule has 2 aromatic heterocycles. The van der Waals surface area contributed by atoms with E-state index in [2.05, 4.69) is 35.2 Å². The third kappa shape index (κ3) is 2.13. The molecule has 0 spiro atoms. The molecule has 1 amide bonds. The van der Waals surface area contributed by atoms with Crippen molar-refractivity contribution in [3.63, 3.8) is 0 Å². The first-order chi connectivity index (χ1) is 9.58.